The van der Waals surface area contributed by atoms with E-state index in [1.807, 2.05) is 6.07 Å². The van der Waals surface area contributed by atoms with Crippen molar-refractivity contribution in [3.05, 3.63) is 100 Å². The third-order valence-electron chi connectivity index (χ3n) is 3.61. The van der Waals surface area contributed by atoms with Gasteiger partial charge in [0.15, 0.2) is 0 Å². The molecule has 25 heavy (non-hydrogen) atoms. The van der Waals surface area contributed by atoms with Gasteiger partial charge in [0.1, 0.15) is 5.82 Å². The SMILES string of the molecule is O=C(c1cccc(F)c1)N(c1ccccc1)c1ccc([N+](=O)[O-])cc1. The van der Waals surface area contributed by atoms with Crippen LogP contribution in [-0.4, -0.2) is 10.8 Å². The lowest BCUT2D eigenvalue weighted by atomic mass is 10.1. The second-order valence-corrected chi connectivity index (χ2v) is 5.26. The smallest absolute Gasteiger partial charge is 0.269 e. The third-order valence-corrected chi connectivity index (χ3v) is 3.61. The van der Waals surface area contributed by atoms with Crippen LogP contribution in [0.4, 0.5) is 21.5 Å². The van der Waals surface area contributed by atoms with Crippen molar-refractivity contribution >= 4 is 23.0 Å². The van der Waals surface area contributed by atoms with E-state index in [4.69, 9.17) is 0 Å². The van der Waals surface area contributed by atoms with Crippen molar-refractivity contribution in [1.82, 2.24) is 0 Å². The van der Waals surface area contributed by atoms with Gasteiger partial charge in [0.05, 0.1) is 4.92 Å². The molecule has 3 aromatic carbocycles. The third kappa shape index (κ3) is 3.53. The molecule has 1 amide bonds. The van der Waals surface area contributed by atoms with Crippen molar-refractivity contribution in [1.29, 1.82) is 0 Å². The average Bonchev–Trinajstić information content (AvgIpc) is 2.63. The summed E-state index contributed by atoms with van der Waals surface area (Å²) < 4.78 is 13.5. The number of nitrogens with zero attached hydrogens (tertiary/aromatic N) is 2. The Labute approximate surface area is 143 Å². The summed E-state index contributed by atoms with van der Waals surface area (Å²) in [6.07, 6.45) is 0. The Hall–Kier alpha value is -3.54. The van der Waals surface area contributed by atoms with Gasteiger partial charge in [-0.25, -0.2) is 4.39 Å². The maximum atomic E-state index is 13.5. The number of hydrogen-bond acceptors (Lipinski definition) is 3. The molecular weight excluding hydrogens is 323 g/mol. The normalized spacial score (nSPS) is 10.3. The monoisotopic (exact) mass is 336 g/mol. The van der Waals surface area contributed by atoms with Crippen LogP contribution in [0.3, 0.4) is 0 Å². The van der Waals surface area contributed by atoms with Crippen molar-refractivity contribution < 1.29 is 14.1 Å². The van der Waals surface area contributed by atoms with Gasteiger partial charge in [0.2, 0.25) is 0 Å². The summed E-state index contributed by atoms with van der Waals surface area (Å²) in [5, 5.41) is 10.8. The standard InChI is InChI=1S/C19H13FN2O3/c20-15-6-4-5-14(13-15)19(23)21(16-7-2-1-3-8-16)17-9-11-18(12-10-17)22(24)25/h1-13H. The molecule has 0 fully saturated rings. The van der Waals surface area contributed by atoms with Gasteiger partial charge in [-0.1, -0.05) is 24.3 Å². The van der Waals surface area contributed by atoms with Crippen molar-refractivity contribution in [2.75, 3.05) is 4.90 Å². The Morgan fingerprint density at radius 2 is 1.52 bits per heavy atom. The number of para-hydroxylation sites is 1. The van der Waals surface area contributed by atoms with Gasteiger partial charge >= 0.3 is 0 Å². The first kappa shape index (κ1) is 16.3. The number of halogens is 1. The van der Waals surface area contributed by atoms with Crippen molar-refractivity contribution in [3.63, 3.8) is 0 Å². The number of carbonyl (C=O) groups is 1. The van der Waals surface area contributed by atoms with E-state index < -0.39 is 16.6 Å². The zero-order valence-electron chi connectivity index (χ0n) is 13.0. The zero-order chi connectivity index (χ0) is 17.8. The van der Waals surface area contributed by atoms with Crippen LogP contribution in [0.2, 0.25) is 0 Å². The van der Waals surface area contributed by atoms with Crippen molar-refractivity contribution in [2.45, 2.75) is 0 Å². The first-order chi connectivity index (χ1) is 12.1. The lowest BCUT2D eigenvalue weighted by Crippen LogP contribution is -2.26. The van der Waals surface area contributed by atoms with E-state index >= 15 is 0 Å². The summed E-state index contributed by atoms with van der Waals surface area (Å²) >= 11 is 0. The molecule has 0 aromatic heterocycles. The highest BCUT2D eigenvalue weighted by atomic mass is 19.1. The number of rotatable bonds is 4. The fraction of sp³-hybridized carbons (Fsp3) is 0. The molecule has 0 heterocycles. The number of benzene rings is 3. The molecule has 0 aliphatic rings. The Kier molecular flexibility index (Phi) is 4.52. The first-order valence-corrected chi connectivity index (χ1v) is 7.46. The number of nitro benzene ring substituents is 1. The van der Waals surface area contributed by atoms with Crippen molar-refractivity contribution in [2.24, 2.45) is 0 Å². The van der Waals surface area contributed by atoms with E-state index in [-0.39, 0.29) is 11.3 Å². The summed E-state index contributed by atoms with van der Waals surface area (Å²) in [7, 11) is 0. The summed E-state index contributed by atoms with van der Waals surface area (Å²) in [4.78, 5) is 24.6. The van der Waals surface area contributed by atoms with Crippen LogP contribution in [0.15, 0.2) is 78.9 Å². The van der Waals surface area contributed by atoms with Crippen LogP contribution < -0.4 is 4.90 Å². The summed E-state index contributed by atoms with van der Waals surface area (Å²) in [6, 6.07) is 19.8. The molecule has 0 N–H and O–H groups in total. The van der Waals surface area contributed by atoms with E-state index in [9.17, 15) is 19.3 Å². The van der Waals surface area contributed by atoms with Crippen LogP contribution in [0.25, 0.3) is 0 Å². The van der Waals surface area contributed by atoms with E-state index in [1.54, 1.807) is 24.3 Å². The molecule has 5 nitrogen and oxygen atoms in total. The summed E-state index contributed by atoms with van der Waals surface area (Å²) in [5.74, 6) is -0.942. The van der Waals surface area contributed by atoms with Gasteiger partial charge in [0, 0.05) is 29.1 Å². The Balaban J connectivity index is 2.07. The molecule has 6 heteroatoms. The molecule has 0 saturated heterocycles. The van der Waals surface area contributed by atoms with E-state index in [0.29, 0.717) is 11.4 Å². The fourth-order valence-electron chi connectivity index (χ4n) is 2.43. The molecule has 0 aliphatic carbocycles. The Morgan fingerprint density at radius 3 is 2.12 bits per heavy atom. The maximum Gasteiger partial charge on any atom is 0.269 e. The largest absolute Gasteiger partial charge is 0.277 e. The van der Waals surface area contributed by atoms with Crippen molar-refractivity contribution in [3.8, 4) is 0 Å². The van der Waals surface area contributed by atoms with E-state index in [1.165, 1.54) is 47.4 Å². The van der Waals surface area contributed by atoms with Gasteiger partial charge in [-0.15, -0.1) is 0 Å². The van der Waals surface area contributed by atoms with Crippen LogP contribution >= 0.6 is 0 Å². The molecule has 3 aromatic rings. The lowest BCUT2D eigenvalue weighted by molar-refractivity contribution is -0.384. The maximum absolute atomic E-state index is 13.5. The molecule has 0 aliphatic heterocycles. The lowest BCUT2D eigenvalue weighted by Gasteiger charge is -2.23. The fourth-order valence-corrected chi connectivity index (χ4v) is 2.43. The molecule has 3 rings (SSSR count). The molecule has 0 atom stereocenters. The number of non-ortho nitro benzene ring substituents is 1. The predicted molar refractivity (Wildman–Crippen MR) is 92.4 cm³/mol. The van der Waals surface area contributed by atoms with Gasteiger partial charge in [0.25, 0.3) is 11.6 Å². The quantitative estimate of drug-likeness (QED) is 0.512. The van der Waals surface area contributed by atoms with Gasteiger partial charge in [-0.3, -0.25) is 19.8 Å². The minimum absolute atomic E-state index is 0.0741. The summed E-state index contributed by atoms with van der Waals surface area (Å²) in [6.45, 7) is 0. The van der Waals surface area contributed by atoms with Crippen LogP contribution in [0, 0.1) is 15.9 Å². The molecule has 0 unspecified atom stereocenters. The number of carbonyl (C=O) groups excluding carboxylic acids is 1. The minimum Gasteiger partial charge on any atom is -0.277 e. The molecule has 124 valence electrons. The average molecular weight is 336 g/mol. The second kappa shape index (κ2) is 6.92. The van der Waals surface area contributed by atoms with Crippen LogP contribution in [0.1, 0.15) is 10.4 Å². The highest BCUT2D eigenvalue weighted by Crippen LogP contribution is 2.29. The van der Waals surface area contributed by atoms with Gasteiger partial charge in [-0.2, -0.15) is 0 Å². The van der Waals surface area contributed by atoms with Crippen LogP contribution in [-0.2, 0) is 0 Å². The zero-order valence-corrected chi connectivity index (χ0v) is 13.0. The molecule has 0 bridgehead atoms. The first-order valence-electron chi connectivity index (χ1n) is 7.46. The van der Waals surface area contributed by atoms with Crippen LogP contribution in [0.5, 0.6) is 0 Å². The predicted octanol–water partition coefficient (Wildman–Crippen LogP) is 4.71. The van der Waals surface area contributed by atoms with Gasteiger partial charge in [-0.05, 0) is 42.5 Å². The highest BCUT2D eigenvalue weighted by molar-refractivity contribution is 6.10. The summed E-state index contributed by atoms with van der Waals surface area (Å²) in [5.41, 5.74) is 1.13. The number of anilines is 2. The number of nitro groups is 1. The molecule has 0 radical (unpaired) electrons. The Morgan fingerprint density at radius 1 is 0.880 bits per heavy atom. The number of hydrogen-bond donors (Lipinski definition) is 0. The molecule has 0 saturated carbocycles. The topological polar surface area (TPSA) is 63.5 Å². The van der Waals surface area contributed by atoms with E-state index in [0.717, 1.165) is 6.07 Å². The van der Waals surface area contributed by atoms with E-state index in [2.05, 4.69) is 0 Å². The Bertz CT molecular complexity index is 911. The minimum atomic E-state index is -0.512. The van der Waals surface area contributed by atoms with Gasteiger partial charge < -0.3 is 0 Å². The highest BCUT2D eigenvalue weighted by Gasteiger charge is 2.21. The second-order valence-electron chi connectivity index (χ2n) is 5.26. The number of amides is 1. The molecular formula is C19H13FN2O3. The molecule has 0 spiro atoms.